The highest BCUT2D eigenvalue weighted by Gasteiger charge is 2.09. The highest BCUT2D eigenvalue weighted by molar-refractivity contribution is 7.99. The lowest BCUT2D eigenvalue weighted by molar-refractivity contribution is -0.384. The summed E-state index contributed by atoms with van der Waals surface area (Å²) in [6.45, 7) is 1.54. The van der Waals surface area contributed by atoms with Crippen molar-refractivity contribution in [3.63, 3.8) is 0 Å². The number of rotatable bonds is 5. The molecule has 1 aromatic heterocycles. The van der Waals surface area contributed by atoms with Gasteiger partial charge < -0.3 is 4.98 Å². The Morgan fingerprint density at radius 1 is 1.56 bits per heavy atom. The lowest BCUT2D eigenvalue weighted by Gasteiger charge is -1.93. The van der Waals surface area contributed by atoms with Crippen LogP contribution in [0.4, 0.5) is 5.69 Å². The maximum Gasteiger partial charge on any atom is 0.271 e. The average Bonchev–Trinajstić information content (AvgIpc) is 2.69. The molecule has 0 saturated heterocycles. The van der Waals surface area contributed by atoms with Crippen LogP contribution in [0, 0.1) is 10.1 Å². The van der Waals surface area contributed by atoms with Gasteiger partial charge in [-0.05, 0) is 13.0 Å². The number of nitrogens with one attached hydrogen (secondary N) is 1. The third kappa shape index (κ3) is 2.86. The first kappa shape index (κ1) is 12.6. The van der Waals surface area contributed by atoms with Crippen molar-refractivity contribution in [1.29, 1.82) is 0 Å². The van der Waals surface area contributed by atoms with Gasteiger partial charge in [0, 0.05) is 24.3 Å². The molecule has 0 radical (unpaired) electrons. The van der Waals surface area contributed by atoms with Crippen LogP contribution < -0.4 is 0 Å². The van der Waals surface area contributed by atoms with Crippen molar-refractivity contribution < 1.29 is 9.72 Å². The summed E-state index contributed by atoms with van der Waals surface area (Å²) in [5.41, 5.74) is 1.35. The van der Waals surface area contributed by atoms with Gasteiger partial charge in [0.25, 0.3) is 5.69 Å². The molecule has 1 aromatic carbocycles. The standard InChI is InChI=1S/C11H11N3O3S/c1-7(15)4-5-18-11-12-9-3-2-8(14(16)17)6-10(9)13-11/h2-3,6H,4-5H2,1H3,(H,12,13). The van der Waals surface area contributed by atoms with Gasteiger partial charge in [0.15, 0.2) is 5.16 Å². The van der Waals surface area contributed by atoms with Crippen LogP contribution in [-0.2, 0) is 4.79 Å². The van der Waals surface area contributed by atoms with E-state index in [0.29, 0.717) is 28.4 Å². The molecule has 2 aromatic rings. The molecule has 0 bridgehead atoms. The fourth-order valence-electron chi connectivity index (χ4n) is 1.45. The monoisotopic (exact) mass is 265 g/mol. The Hall–Kier alpha value is -1.89. The first-order chi connectivity index (χ1) is 8.56. The highest BCUT2D eigenvalue weighted by atomic mass is 32.2. The number of hydrogen-bond acceptors (Lipinski definition) is 5. The van der Waals surface area contributed by atoms with Crippen LogP contribution in [0.25, 0.3) is 11.0 Å². The average molecular weight is 265 g/mol. The van der Waals surface area contributed by atoms with E-state index in [2.05, 4.69) is 9.97 Å². The van der Waals surface area contributed by atoms with Crippen LogP contribution in [0.15, 0.2) is 23.4 Å². The molecule has 0 unspecified atom stereocenters. The molecule has 0 fully saturated rings. The number of ketones is 1. The summed E-state index contributed by atoms with van der Waals surface area (Å²) >= 11 is 1.43. The van der Waals surface area contributed by atoms with Gasteiger partial charge in [0.1, 0.15) is 5.78 Å². The van der Waals surface area contributed by atoms with E-state index in [-0.39, 0.29) is 11.5 Å². The van der Waals surface area contributed by atoms with Crippen LogP contribution in [0.2, 0.25) is 0 Å². The number of aromatic nitrogens is 2. The molecule has 94 valence electrons. The number of nitrogens with zero attached hydrogens (tertiary/aromatic N) is 2. The summed E-state index contributed by atoms with van der Waals surface area (Å²) in [6.07, 6.45) is 0.488. The number of aromatic amines is 1. The number of nitro groups is 1. The molecule has 1 heterocycles. The number of nitro benzene ring substituents is 1. The van der Waals surface area contributed by atoms with Crippen molar-refractivity contribution in [1.82, 2.24) is 9.97 Å². The quantitative estimate of drug-likeness (QED) is 0.509. The summed E-state index contributed by atoms with van der Waals surface area (Å²) in [6, 6.07) is 4.49. The lowest BCUT2D eigenvalue weighted by atomic mass is 10.3. The van der Waals surface area contributed by atoms with E-state index in [1.165, 1.54) is 23.9 Å². The second-order valence-electron chi connectivity index (χ2n) is 3.80. The van der Waals surface area contributed by atoms with E-state index in [1.54, 1.807) is 13.0 Å². The van der Waals surface area contributed by atoms with Gasteiger partial charge in [0.2, 0.25) is 0 Å². The first-order valence-corrected chi connectivity index (χ1v) is 6.31. The molecule has 0 aliphatic rings. The van der Waals surface area contributed by atoms with E-state index in [1.807, 2.05) is 0 Å². The number of carbonyl (C=O) groups is 1. The lowest BCUT2D eigenvalue weighted by Crippen LogP contribution is -1.91. The van der Waals surface area contributed by atoms with Crippen LogP contribution in [0.5, 0.6) is 0 Å². The largest absolute Gasteiger partial charge is 0.333 e. The number of thioether (sulfide) groups is 1. The fourth-order valence-corrected chi connectivity index (χ4v) is 2.38. The van der Waals surface area contributed by atoms with E-state index in [4.69, 9.17) is 0 Å². The molecule has 1 N–H and O–H groups in total. The third-order valence-corrected chi connectivity index (χ3v) is 3.22. The summed E-state index contributed by atoms with van der Waals surface area (Å²) in [7, 11) is 0. The molecule has 0 aliphatic carbocycles. The zero-order chi connectivity index (χ0) is 13.1. The van der Waals surface area contributed by atoms with Gasteiger partial charge >= 0.3 is 0 Å². The number of fused-ring (bicyclic) bond motifs is 1. The number of non-ortho nitro benzene ring substituents is 1. The van der Waals surface area contributed by atoms with E-state index >= 15 is 0 Å². The predicted octanol–water partition coefficient (Wildman–Crippen LogP) is 2.54. The SMILES string of the molecule is CC(=O)CCSc1nc2ccc([N+](=O)[O-])cc2[nH]1. The normalized spacial score (nSPS) is 10.7. The topological polar surface area (TPSA) is 88.9 Å². The van der Waals surface area contributed by atoms with Crippen molar-refractivity contribution in [2.45, 2.75) is 18.5 Å². The number of imidazole rings is 1. The smallest absolute Gasteiger partial charge is 0.271 e. The van der Waals surface area contributed by atoms with Crippen LogP contribution in [0.1, 0.15) is 13.3 Å². The second kappa shape index (κ2) is 5.18. The van der Waals surface area contributed by atoms with Gasteiger partial charge in [-0.3, -0.25) is 14.9 Å². The third-order valence-electron chi connectivity index (χ3n) is 2.35. The van der Waals surface area contributed by atoms with Crippen LogP contribution in [-0.4, -0.2) is 26.4 Å². The molecule has 0 atom stereocenters. The van der Waals surface area contributed by atoms with Crippen LogP contribution >= 0.6 is 11.8 Å². The summed E-state index contributed by atoms with van der Waals surface area (Å²) < 4.78 is 0. The molecule has 0 spiro atoms. The molecule has 18 heavy (non-hydrogen) atoms. The maximum absolute atomic E-state index is 10.8. The fraction of sp³-hybridized carbons (Fsp3) is 0.273. The predicted molar refractivity (Wildman–Crippen MR) is 68.8 cm³/mol. The molecule has 0 amide bonds. The van der Waals surface area contributed by atoms with Gasteiger partial charge in [-0.1, -0.05) is 11.8 Å². The minimum Gasteiger partial charge on any atom is -0.333 e. The van der Waals surface area contributed by atoms with Gasteiger partial charge in [0.05, 0.1) is 16.0 Å². The molecular weight excluding hydrogens is 254 g/mol. The summed E-state index contributed by atoms with van der Waals surface area (Å²) in [5.74, 6) is 0.784. The molecular formula is C11H11N3O3S. The molecule has 6 nitrogen and oxygen atoms in total. The van der Waals surface area contributed by atoms with E-state index < -0.39 is 4.92 Å². The summed E-state index contributed by atoms with van der Waals surface area (Å²) in [4.78, 5) is 28.3. The Morgan fingerprint density at radius 2 is 2.33 bits per heavy atom. The van der Waals surface area contributed by atoms with Crippen molar-refractivity contribution in [3.8, 4) is 0 Å². The number of hydrogen-bond donors (Lipinski definition) is 1. The zero-order valence-corrected chi connectivity index (χ0v) is 10.5. The van der Waals surface area contributed by atoms with Gasteiger partial charge in [-0.25, -0.2) is 4.98 Å². The molecule has 7 heteroatoms. The van der Waals surface area contributed by atoms with Crippen LogP contribution in [0.3, 0.4) is 0 Å². The minimum absolute atomic E-state index is 0.0337. The molecule has 0 saturated carbocycles. The van der Waals surface area contributed by atoms with Crippen molar-refractivity contribution in [2.24, 2.45) is 0 Å². The highest BCUT2D eigenvalue weighted by Crippen LogP contribution is 2.23. The van der Waals surface area contributed by atoms with Crippen molar-refractivity contribution in [2.75, 3.05) is 5.75 Å². The number of H-pyrrole nitrogens is 1. The van der Waals surface area contributed by atoms with Crippen molar-refractivity contribution in [3.05, 3.63) is 28.3 Å². The Labute approximate surface area is 107 Å². The Balaban J connectivity index is 2.16. The minimum atomic E-state index is -0.442. The first-order valence-electron chi connectivity index (χ1n) is 5.32. The Morgan fingerprint density at radius 3 is 3.00 bits per heavy atom. The Bertz CT molecular complexity index is 609. The second-order valence-corrected chi connectivity index (χ2v) is 4.88. The maximum atomic E-state index is 10.8. The number of Topliss-reactive ketones (excluding diaryl/α,β-unsaturated/α-hetero) is 1. The zero-order valence-electron chi connectivity index (χ0n) is 9.67. The molecule has 0 aliphatic heterocycles. The number of carbonyl (C=O) groups excluding carboxylic acids is 1. The Kier molecular flexibility index (Phi) is 3.61. The van der Waals surface area contributed by atoms with Crippen molar-refractivity contribution >= 4 is 34.3 Å². The number of benzene rings is 1. The van der Waals surface area contributed by atoms with Gasteiger partial charge in [-0.2, -0.15) is 0 Å². The molecule has 2 rings (SSSR count). The van der Waals surface area contributed by atoms with E-state index in [0.717, 1.165) is 0 Å². The van der Waals surface area contributed by atoms with Gasteiger partial charge in [-0.15, -0.1) is 0 Å². The van der Waals surface area contributed by atoms with E-state index in [9.17, 15) is 14.9 Å². The summed E-state index contributed by atoms with van der Waals surface area (Å²) in [5, 5.41) is 11.3.